The number of nitrogens with zero attached hydrogens (tertiary/aromatic N) is 1. The van der Waals surface area contributed by atoms with Crippen molar-refractivity contribution in [3.05, 3.63) is 35.4 Å². The van der Waals surface area contributed by atoms with E-state index in [0.29, 0.717) is 5.92 Å². The van der Waals surface area contributed by atoms with Crippen LogP contribution < -0.4 is 0 Å². The molecule has 19 heavy (non-hydrogen) atoms. The summed E-state index contributed by atoms with van der Waals surface area (Å²) >= 11 is 0. The van der Waals surface area contributed by atoms with Crippen molar-refractivity contribution in [1.29, 1.82) is 0 Å². The molecule has 1 N–H and O–H groups in total. The molecule has 1 heterocycles. The number of carboxylic acid groups (broad SMARTS) is 1. The molecule has 0 aromatic heterocycles. The van der Waals surface area contributed by atoms with E-state index in [1.165, 1.54) is 12.0 Å². The van der Waals surface area contributed by atoms with E-state index in [-0.39, 0.29) is 0 Å². The van der Waals surface area contributed by atoms with Gasteiger partial charge >= 0.3 is 5.97 Å². The number of carboxylic acids is 1. The number of likely N-dealkylation sites (tertiary alicyclic amines) is 1. The highest BCUT2D eigenvalue weighted by Gasteiger charge is 2.23. The molecule has 0 aliphatic carbocycles. The third-order valence-corrected chi connectivity index (χ3v) is 4.22. The number of benzene rings is 1. The van der Waals surface area contributed by atoms with Gasteiger partial charge in [-0.05, 0) is 63.4 Å². The van der Waals surface area contributed by atoms with Gasteiger partial charge in [-0.3, -0.25) is 4.79 Å². The Balaban J connectivity index is 2.26. The van der Waals surface area contributed by atoms with E-state index in [1.807, 2.05) is 18.2 Å². The number of aliphatic carboxylic acids is 1. The van der Waals surface area contributed by atoms with Crippen molar-refractivity contribution in [1.82, 2.24) is 4.90 Å². The largest absolute Gasteiger partial charge is 0.481 e. The zero-order valence-electron chi connectivity index (χ0n) is 11.8. The third-order valence-electron chi connectivity index (χ3n) is 4.22. The Morgan fingerprint density at radius 1 is 1.32 bits per heavy atom. The van der Waals surface area contributed by atoms with Gasteiger partial charge in [0.15, 0.2) is 0 Å². The van der Waals surface area contributed by atoms with Crippen LogP contribution >= 0.6 is 0 Å². The van der Waals surface area contributed by atoms with Crippen molar-refractivity contribution in [2.75, 3.05) is 20.1 Å². The number of rotatable bonds is 3. The molecule has 1 aromatic rings. The maximum atomic E-state index is 11.2. The molecule has 1 fully saturated rings. The average molecular weight is 261 g/mol. The van der Waals surface area contributed by atoms with E-state index in [9.17, 15) is 9.90 Å². The SMILES string of the molecule is CC(C(=O)O)c1ccccc1C1CCCN(C)CC1. The third kappa shape index (κ3) is 3.35. The van der Waals surface area contributed by atoms with Crippen molar-refractivity contribution in [3.63, 3.8) is 0 Å². The summed E-state index contributed by atoms with van der Waals surface area (Å²) in [5, 5.41) is 9.25. The first-order valence-corrected chi connectivity index (χ1v) is 7.09. The summed E-state index contributed by atoms with van der Waals surface area (Å²) in [6.45, 7) is 4.03. The van der Waals surface area contributed by atoms with Crippen LogP contribution in [0, 0.1) is 0 Å². The Labute approximate surface area is 115 Å². The van der Waals surface area contributed by atoms with Gasteiger partial charge in [-0.1, -0.05) is 24.3 Å². The lowest BCUT2D eigenvalue weighted by molar-refractivity contribution is -0.138. The Kier molecular flexibility index (Phi) is 4.59. The molecule has 0 bridgehead atoms. The molecule has 0 radical (unpaired) electrons. The molecule has 3 heteroatoms. The van der Waals surface area contributed by atoms with Crippen LogP contribution in [-0.2, 0) is 4.79 Å². The Morgan fingerprint density at radius 3 is 2.79 bits per heavy atom. The summed E-state index contributed by atoms with van der Waals surface area (Å²) in [6, 6.07) is 8.07. The van der Waals surface area contributed by atoms with Gasteiger partial charge in [-0.2, -0.15) is 0 Å². The van der Waals surface area contributed by atoms with Crippen LogP contribution in [0.15, 0.2) is 24.3 Å². The van der Waals surface area contributed by atoms with E-state index >= 15 is 0 Å². The zero-order chi connectivity index (χ0) is 13.8. The lowest BCUT2D eigenvalue weighted by atomic mass is 9.84. The Morgan fingerprint density at radius 2 is 2.05 bits per heavy atom. The van der Waals surface area contributed by atoms with Crippen LogP contribution in [0.1, 0.15) is 49.1 Å². The predicted molar refractivity (Wildman–Crippen MR) is 76.6 cm³/mol. The van der Waals surface area contributed by atoms with Crippen molar-refractivity contribution in [2.45, 2.75) is 38.0 Å². The van der Waals surface area contributed by atoms with E-state index in [2.05, 4.69) is 18.0 Å². The summed E-state index contributed by atoms with van der Waals surface area (Å²) in [5.41, 5.74) is 2.23. The molecule has 1 aliphatic heterocycles. The van der Waals surface area contributed by atoms with E-state index in [4.69, 9.17) is 0 Å². The minimum absolute atomic E-state index is 0.419. The Hall–Kier alpha value is -1.35. The first kappa shape index (κ1) is 14.1. The topological polar surface area (TPSA) is 40.5 Å². The molecular weight excluding hydrogens is 238 g/mol. The maximum Gasteiger partial charge on any atom is 0.310 e. The van der Waals surface area contributed by atoms with Crippen LogP contribution in [0.5, 0.6) is 0 Å². The van der Waals surface area contributed by atoms with Crippen molar-refractivity contribution < 1.29 is 9.90 Å². The summed E-state index contributed by atoms with van der Waals surface area (Å²) < 4.78 is 0. The normalized spacial score (nSPS) is 22.7. The number of carbonyl (C=O) groups is 1. The summed E-state index contributed by atoms with van der Waals surface area (Å²) in [5.74, 6) is -0.654. The van der Waals surface area contributed by atoms with Crippen LogP contribution in [0.4, 0.5) is 0 Å². The maximum absolute atomic E-state index is 11.2. The second-order valence-electron chi connectivity index (χ2n) is 5.62. The average Bonchev–Trinajstić information content (AvgIpc) is 2.62. The molecule has 0 saturated carbocycles. The fraction of sp³-hybridized carbons (Fsp3) is 0.562. The van der Waals surface area contributed by atoms with Crippen molar-refractivity contribution >= 4 is 5.97 Å². The predicted octanol–water partition coefficient (Wildman–Crippen LogP) is 3.07. The summed E-state index contributed by atoms with van der Waals surface area (Å²) in [4.78, 5) is 13.6. The molecule has 1 aromatic carbocycles. The zero-order valence-corrected chi connectivity index (χ0v) is 11.8. The quantitative estimate of drug-likeness (QED) is 0.909. The summed E-state index contributed by atoms with van der Waals surface area (Å²) in [6.07, 6.45) is 3.48. The molecular formula is C16H23NO2. The van der Waals surface area contributed by atoms with Crippen molar-refractivity contribution in [2.24, 2.45) is 0 Å². The molecule has 2 atom stereocenters. The van der Waals surface area contributed by atoms with Gasteiger partial charge in [0.1, 0.15) is 0 Å². The monoisotopic (exact) mass is 261 g/mol. The van der Waals surface area contributed by atoms with E-state index < -0.39 is 11.9 Å². The fourth-order valence-electron chi connectivity index (χ4n) is 2.96. The van der Waals surface area contributed by atoms with Gasteiger partial charge in [-0.15, -0.1) is 0 Å². The van der Waals surface area contributed by atoms with Gasteiger partial charge in [0.25, 0.3) is 0 Å². The Bertz CT molecular complexity index is 444. The van der Waals surface area contributed by atoms with Gasteiger partial charge in [0, 0.05) is 0 Å². The molecule has 2 rings (SSSR count). The van der Waals surface area contributed by atoms with Gasteiger partial charge in [-0.25, -0.2) is 0 Å². The second-order valence-corrected chi connectivity index (χ2v) is 5.62. The highest BCUT2D eigenvalue weighted by molar-refractivity contribution is 5.76. The second kappa shape index (κ2) is 6.20. The van der Waals surface area contributed by atoms with E-state index in [0.717, 1.165) is 31.5 Å². The van der Waals surface area contributed by atoms with Crippen molar-refractivity contribution in [3.8, 4) is 0 Å². The van der Waals surface area contributed by atoms with Gasteiger partial charge in [0.2, 0.25) is 0 Å². The number of hydrogen-bond acceptors (Lipinski definition) is 2. The summed E-state index contributed by atoms with van der Waals surface area (Å²) in [7, 11) is 2.16. The lowest BCUT2D eigenvalue weighted by Gasteiger charge is -2.21. The van der Waals surface area contributed by atoms with Crippen LogP contribution in [0.25, 0.3) is 0 Å². The first-order valence-electron chi connectivity index (χ1n) is 7.09. The molecule has 0 spiro atoms. The molecule has 3 nitrogen and oxygen atoms in total. The molecule has 1 aliphatic rings. The highest BCUT2D eigenvalue weighted by atomic mass is 16.4. The molecule has 0 amide bonds. The van der Waals surface area contributed by atoms with Crippen LogP contribution in [0.2, 0.25) is 0 Å². The van der Waals surface area contributed by atoms with Gasteiger partial charge in [0.05, 0.1) is 5.92 Å². The fourth-order valence-corrected chi connectivity index (χ4v) is 2.96. The van der Waals surface area contributed by atoms with Crippen LogP contribution in [-0.4, -0.2) is 36.1 Å². The minimum Gasteiger partial charge on any atom is -0.481 e. The number of hydrogen-bond donors (Lipinski definition) is 1. The molecule has 2 unspecified atom stereocenters. The smallest absolute Gasteiger partial charge is 0.310 e. The first-order chi connectivity index (χ1) is 9.09. The molecule has 104 valence electrons. The van der Waals surface area contributed by atoms with Crippen LogP contribution in [0.3, 0.4) is 0 Å². The lowest BCUT2D eigenvalue weighted by Crippen LogP contribution is -2.19. The van der Waals surface area contributed by atoms with E-state index in [1.54, 1.807) is 6.92 Å². The van der Waals surface area contributed by atoms with Gasteiger partial charge < -0.3 is 10.0 Å². The minimum atomic E-state index is -0.738. The molecule has 1 saturated heterocycles. The standard InChI is InChI=1S/C16H23NO2/c1-12(16(18)19)14-7-3-4-8-15(14)13-6-5-10-17(2)11-9-13/h3-4,7-8,12-13H,5-6,9-11H2,1-2H3,(H,18,19). The highest BCUT2D eigenvalue weighted by Crippen LogP contribution is 2.33.